The number of allylic oxidation sites excluding steroid dienone is 8. The van der Waals surface area contributed by atoms with Crippen LogP contribution in [-0.4, -0.2) is 32.3 Å². The molecule has 0 nitrogen and oxygen atoms in total. The molecule has 0 amide bonds. The molecule has 0 radical (unpaired) electrons. The topological polar surface area (TPSA) is 0 Å². The first-order chi connectivity index (χ1) is 11.9. The van der Waals surface area contributed by atoms with Crippen LogP contribution in [0.15, 0.2) is 40.7 Å². The summed E-state index contributed by atoms with van der Waals surface area (Å²) in [6.45, 7) is 30.9. The molecule has 0 unspecified atom stereocenters. The van der Waals surface area contributed by atoms with Crippen molar-refractivity contribution >= 4 is 32.3 Å². The Morgan fingerprint density at radius 1 is 0.519 bits per heavy atom. The van der Waals surface area contributed by atoms with Crippen molar-refractivity contribution < 1.29 is 19.2 Å². The summed E-state index contributed by atoms with van der Waals surface area (Å²) in [5.74, 6) is 0. The quantitative estimate of drug-likeness (QED) is 0.351. The molecule has 0 spiro atoms. The van der Waals surface area contributed by atoms with Gasteiger partial charge in [0, 0.05) is 0 Å². The molecule has 0 aliphatic heterocycles. The van der Waals surface area contributed by atoms with Crippen molar-refractivity contribution in [1.82, 2.24) is 0 Å². The van der Waals surface area contributed by atoms with E-state index in [0.29, 0.717) is 0 Å². The van der Waals surface area contributed by atoms with Gasteiger partial charge in [0.15, 0.2) is 0 Å². The third-order valence-corrected chi connectivity index (χ3v) is 18.6. The third kappa shape index (κ3) is 5.37. The van der Waals surface area contributed by atoms with Gasteiger partial charge in [-0.15, -0.1) is 0 Å². The Morgan fingerprint density at radius 2 is 0.815 bits per heavy atom. The van der Waals surface area contributed by atoms with E-state index in [-0.39, 0.29) is 19.2 Å². The zero-order chi connectivity index (χ0) is 21.0. The van der Waals surface area contributed by atoms with E-state index >= 15 is 0 Å². The molecule has 0 aromatic rings. The van der Waals surface area contributed by atoms with Crippen LogP contribution < -0.4 is 0 Å². The van der Waals surface area contributed by atoms with Gasteiger partial charge in [0.25, 0.3) is 0 Å². The van der Waals surface area contributed by atoms with Crippen LogP contribution in [0.2, 0.25) is 78.6 Å². The Hall–Kier alpha value is 0.542. The second kappa shape index (κ2) is 7.66. The zero-order valence-corrected chi connectivity index (χ0v) is 25.6. The first kappa shape index (κ1) is 23.8. The van der Waals surface area contributed by atoms with Crippen LogP contribution in [0.25, 0.3) is 0 Å². The van der Waals surface area contributed by atoms with Crippen LogP contribution in [-0.2, 0) is 19.2 Å². The van der Waals surface area contributed by atoms with Gasteiger partial charge in [-0.1, -0.05) is 0 Å². The molecule has 2 aliphatic rings. The minimum atomic E-state index is -1.28. The van der Waals surface area contributed by atoms with Gasteiger partial charge in [0.05, 0.1) is 0 Å². The Kier molecular flexibility index (Phi) is 6.76. The van der Waals surface area contributed by atoms with Crippen LogP contribution in [0.4, 0.5) is 0 Å². The Bertz CT molecular complexity index is 675. The standard InChI is InChI=1S/2C11H21Si2.Ti/c2*1-12(2,3)10-7-8-11(9-10)13(4,5)6;/h2*7H,8H2,1-6H3;. The summed E-state index contributed by atoms with van der Waals surface area (Å²) in [6, 6.07) is 0. The number of hydrogen-bond donors (Lipinski definition) is 0. The summed E-state index contributed by atoms with van der Waals surface area (Å²) in [6.07, 6.45) is 7.88. The fourth-order valence-electron chi connectivity index (χ4n) is 4.28. The van der Waals surface area contributed by atoms with Crippen LogP contribution in [0.3, 0.4) is 0 Å². The van der Waals surface area contributed by atoms with Gasteiger partial charge in [-0.05, 0) is 0 Å². The van der Waals surface area contributed by atoms with Crippen LogP contribution >= 0.6 is 0 Å². The van der Waals surface area contributed by atoms with E-state index in [1.165, 1.54) is 12.8 Å². The number of rotatable bonds is 6. The molecule has 2 aliphatic carbocycles. The molecule has 0 saturated carbocycles. The minimum absolute atomic E-state index is 0.221. The van der Waals surface area contributed by atoms with Crippen LogP contribution in [0, 0.1) is 0 Å². The maximum atomic E-state index is 2.67. The Labute approximate surface area is 182 Å². The van der Waals surface area contributed by atoms with E-state index in [9.17, 15) is 0 Å². The van der Waals surface area contributed by atoms with E-state index in [0.717, 1.165) is 0 Å². The SMILES string of the molecule is C[Si](C)(C)C1=CCC([Si](C)(C)C)=[C]1[Ti][C]1=C([Si](C)(C)C)CC=C1[Si](C)(C)C. The summed E-state index contributed by atoms with van der Waals surface area (Å²) in [7, 11) is -5.06. The van der Waals surface area contributed by atoms with Crippen molar-refractivity contribution in [2.75, 3.05) is 0 Å². The zero-order valence-electron chi connectivity index (χ0n) is 20.1. The van der Waals surface area contributed by atoms with Gasteiger partial charge in [-0.25, -0.2) is 0 Å². The molecular formula is C22H42Si4Ti. The summed E-state index contributed by atoms with van der Waals surface area (Å²) in [5, 5.41) is 7.49. The Balaban J connectivity index is 2.63. The van der Waals surface area contributed by atoms with Crippen molar-refractivity contribution in [2.45, 2.75) is 91.4 Å². The van der Waals surface area contributed by atoms with Crippen LogP contribution in [0.1, 0.15) is 12.8 Å². The van der Waals surface area contributed by atoms with Gasteiger partial charge >= 0.3 is 184 Å². The van der Waals surface area contributed by atoms with Crippen molar-refractivity contribution in [3.63, 3.8) is 0 Å². The predicted octanol–water partition coefficient (Wildman–Crippen LogP) is 7.75. The second-order valence-corrected chi connectivity index (χ2v) is 34.7. The van der Waals surface area contributed by atoms with Crippen molar-refractivity contribution in [3.05, 3.63) is 40.7 Å². The molecule has 0 atom stereocenters. The summed E-state index contributed by atoms with van der Waals surface area (Å²) >= 11 is -0.221. The molecule has 0 heterocycles. The summed E-state index contributed by atoms with van der Waals surface area (Å²) in [4.78, 5) is 0. The molecule has 27 heavy (non-hydrogen) atoms. The van der Waals surface area contributed by atoms with E-state index in [4.69, 9.17) is 0 Å². The average molecular weight is 467 g/mol. The molecule has 150 valence electrons. The summed E-state index contributed by atoms with van der Waals surface area (Å²) in [5.41, 5.74) is 0. The summed E-state index contributed by atoms with van der Waals surface area (Å²) < 4.78 is 3.84. The van der Waals surface area contributed by atoms with Crippen molar-refractivity contribution in [1.29, 1.82) is 0 Å². The molecule has 0 aromatic heterocycles. The first-order valence-electron chi connectivity index (χ1n) is 10.6. The molecule has 0 aromatic carbocycles. The van der Waals surface area contributed by atoms with E-state index in [1.807, 2.05) is 28.5 Å². The number of hydrogen-bond acceptors (Lipinski definition) is 0. The molecule has 0 N–H and O–H groups in total. The molecule has 0 fully saturated rings. The fraction of sp³-hybridized carbons (Fsp3) is 0.636. The van der Waals surface area contributed by atoms with Gasteiger partial charge in [-0.3, -0.25) is 0 Å². The van der Waals surface area contributed by atoms with Gasteiger partial charge in [0.1, 0.15) is 0 Å². The fourth-order valence-corrected chi connectivity index (χ4v) is 20.9. The van der Waals surface area contributed by atoms with Gasteiger partial charge in [0.2, 0.25) is 0 Å². The predicted molar refractivity (Wildman–Crippen MR) is 133 cm³/mol. The van der Waals surface area contributed by atoms with Crippen LogP contribution in [0.5, 0.6) is 0 Å². The monoisotopic (exact) mass is 466 g/mol. The first-order valence-corrected chi connectivity index (χ1v) is 26.2. The second-order valence-electron chi connectivity index (χ2n) is 12.5. The van der Waals surface area contributed by atoms with E-state index in [2.05, 4.69) is 90.7 Å². The van der Waals surface area contributed by atoms with Crippen molar-refractivity contribution in [2.24, 2.45) is 0 Å². The average Bonchev–Trinajstić information content (AvgIpc) is 2.99. The maximum absolute atomic E-state index is 2.67. The third-order valence-electron chi connectivity index (χ3n) is 5.84. The Morgan fingerprint density at radius 3 is 1.04 bits per heavy atom. The van der Waals surface area contributed by atoms with E-state index < -0.39 is 32.3 Å². The normalized spacial score (nSPS) is 19.7. The van der Waals surface area contributed by atoms with E-state index in [1.54, 1.807) is 0 Å². The van der Waals surface area contributed by atoms with Crippen molar-refractivity contribution in [3.8, 4) is 0 Å². The molecule has 0 bridgehead atoms. The molecular weight excluding hydrogens is 424 g/mol. The molecule has 0 saturated heterocycles. The molecule has 2 rings (SSSR count). The van der Waals surface area contributed by atoms with Gasteiger partial charge in [-0.2, -0.15) is 0 Å². The molecule has 5 heteroatoms. The van der Waals surface area contributed by atoms with Gasteiger partial charge < -0.3 is 0 Å².